The lowest BCUT2D eigenvalue weighted by molar-refractivity contribution is 0.101. The Balaban J connectivity index is 1.42. The zero-order valence-electron chi connectivity index (χ0n) is 14.5. The first-order chi connectivity index (χ1) is 13.6. The van der Waals surface area contributed by atoms with E-state index in [1.165, 1.54) is 18.3 Å². The Kier molecular flexibility index (Phi) is 5.03. The predicted molar refractivity (Wildman–Crippen MR) is 105 cm³/mol. The molecule has 1 amide bonds. The summed E-state index contributed by atoms with van der Waals surface area (Å²) < 4.78 is 20.8. The Morgan fingerprint density at radius 3 is 2.64 bits per heavy atom. The molecule has 0 bridgehead atoms. The zero-order valence-corrected chi connectivity index (χ0v) is 16.1. The number of hydrogen-bond donors (Lipinski definition) is 1. The summed E-state index contributed by atoms with van der Waals surface area (Å²) in [6, 6.07) is 15.3. The van der Waals surface area contributed by atoms with Crippen LogP contribution < -0.4 is 5.32 Å². The van der Waals surface area contributed by atoms with Gasteiger partial charge in [-0.1, -0.05) is 45.4 Å². The third kappa shape index (κ3) is 4.17. The highest BCUT2D eigenvalue weighted by Gasteiger charge is 2.15. The van der Waals surface area contributed by atoms with E-state index in [0.717, 1.165) is 15.6 Å². The summed E-state index contributed by atoms with van der Waals surface area (Å²) in [6.45, 7) is 0.466. The molecule has 0 aliphatic carbocycles. The van der Waals surface area contributed by atoms with E-state index in [1.807, 2.05) is 24.3 Å². The van der Waals surface area contributed by atoms with Crippen LogP contribution in [0.15, 0.2) is 76.0 Å². The fourth-order valence-electron chi connectivity index (χ4n) is 2.62. The Morgan fingerprint density at radius 1 is 1.14 bits per heavy atom. The van der Waals surface area contributed by atoms with Crippen LogP contribution in [-0.2, 0) is 6.54 Å². The lowest BCUT2D eigenvalue weighted by atomic mass is 10.1. The number of rotatable bonds is 5. The van der Waals surface area contributed by atoms with Gasteiger partial charge in [-0.05, 0) is 29.8 Å². The maximum atomic E-state index is 13.0. The number of nitrogens with zero attached hydrogens (tertiary/aromatic N) is 3. The molecule has 0 fully saturated rings. The minimum atomic E-state index is -0.395. The van der Waals surface area contributed by atoms with Crippen LogP contribution in [0.4, 0.5) is 10.1 Å². The van der Waals surface area contributed by atoms with Gasteiger partial charge in [0.15, 0.2) is 11.5 Å². The smallest absolute Gasteiger partial charge is 0.277 e. The van der Waals surface area contributed by atoms with Gasteiger partial charge in [0.2, 0.25) is 0 Å². The van der Waals surface area contributed by atoms with Gasteiger partial charge in [0.05, 0.1) is 18.4 Å². The van der Waals surface area contributed by atoms with Crippen molar-refractivity contribution < 1.29 is 13.7 Å². The van der Waals surface area contributed by atoms with Crippen LogP contribution in [0.25, 0.3) is 11.3 Å². The fraction of sp³-hybridized carbons (Fsp3) is 0.0500. The van der Waals surface area contributed by atoms with Crippen molar-refractivity contribution >= 4 is 27.5 Å². The number of hydrogen-bond acceptors (Lipinski definition) is 4. The molecule has 4 rings (SSSR count). The summed E-state index contributed by atoms with van der Waals surface area (Å²) in [4.78, 5) is 12.4. The molecule has 6 nitrogen and oxygen atoms in total. The molecule has 1 N–H and O–H groups in total. The highest BCUT2D eigenvalue weighted by molar-refractivity contribution is 9.10. The molecule has 0 atom stereocenters. The summed E-state index contributed by atoms with van der Waals surface area (Å²) in [5.41, 5.74) is 2.42. The lowest BCUT2D eigenvalue weighted by Gasteiger charge is -2.01. The minimum absolute atomic E-state index is 0.171. The second-order valence-electron chi connectivity index (χ2n) is 6.09. The Morgan fingerprint density at radius 2 is 1.89 bits per heavy atom. The average Bonchev–Trinajstić information content (AvgIpc) is 3.34. The lowest BCUT2D eigenvalue weighted by Crippen LogP contribution is -2.11. The Hall–Kier alpha value is -3.26. The van der Waals surface area contributed by atoms with E-state index in [4.69, 9.17) is 4.52 Å². The summed E-state index contributed by atoms with van der Waals surface area (Å²) in [6.07, 6.45) is 3.23. The van der Waals surface area contributed by atoms with E-state index < -0.39 is 5.91 Å². The van der Waals surface area contributed by atoms with E-state index >= 15 is 0 Å². The van der Waals surface area contributed by atoms with Gasteiger partial charge in [0, 0.05) is 22.3 Å². The third-order valence-corrected chi connectivity index (χ3v) is 4.55. The number of benzene rings is 2. The summed E-state index contributed by atoms with van der Waals surface area (Å²) in [7, 11) is 0. The first-order valence-corrected chi connectivity index (χ1v) is 9.17. The molecule has 140 valence electrons. The van der Waals surface area contributed by atoms with E-state index in [0.29, 0.717) is 18.0 Å². The SMILES string of the molecule is O=C(Nc1cnn(Cc2ccc(F)cc2)c1)c1cc(-c2ccc(Br)cc2)on1. The number of carbonyl (C=O) groups is 1. The second-order valence-corrected chi connectivity index (χ2v) is 7.01. The molecule has 0 radical (unpaired) electrons. The molecule has 2 heterocycles. The molecule has 0 saturated heterocycles. The molecule has 8 heteroatoms. The second kappa shape index (κ2) is 7.77. The summed E-state index contributed by atoms with van der Waals surface area (Å²) in [5.74, 6) is -0.176. The van der Waals surface area contributed by atoms with Gasteiger partial charge in [-0.25, -0.2) is 4.39 Å². The van der Waals surface area contributed by atoms with E-state index in [9.17, 15) is 9.18 Å². The number of carbonyl (C=O) groups excluding carboxylic acids is 1. The van der Waals surface area contributed by atoms with Crippen LogP contribution in [0.5, 0.6) is 0 Å². The van der Waals surface area contributed by atoms with Crippen LogP contribution in [0.2, 0.25) is 0 Å². The Bertz CT molecular complexity index is 1100. The topological polar surface area (TPSA) is 73.0 Å². The van der Waals surface area contributed by atoms with E-state index in [2.05, 4.69) is 31.5 Å². The molecule has 2 aromatic heterocycles. The average molecular weight is 441 g/mol. The molecule has 0 aliphatic heterocycles. The molecule has 0 spiro atoms. The van der Waals surface area contributed by atoms with Crippen LogP contribution in [0.3, 0.4) is 0 Å². The number of amides is 1. The van der Waals surface area contributed by atoms with Gasteiger partial charge in [-0.2, -0.15) is 5.10 Å². The molecule has 4 aromatic rings. The number of anilines is 1. The standard InChI is InChI=1S/C20H14BrFN4O2/c21-15-5-3-14(4-6-15)19-9-18(25-28-19)20(27)24-17-10-23-26(12-17)11-13-1-7-16(22)8-2-13/h1-10,12H,11H2,(H,24,27). The normalized spacial score (nSPS) is 10.8. The van der Waals surface area contributed by atoms with E-state index in [-0.39, 0.29) is 11.5 Å². The molecule has 28 heavy (non-hydrogen) atoms. The Labute approximate surface area is 168 Å². The van der Waals surface area contributed by atoms with Crippen molar-refractivity contribution in [2.24, 2.45) is 0 Å². The van der Waals surface area contributed by atoms with Gasteiger partial charge < -0.3 is 9.84 Å². The van der Waals surface area contributed by atoms with Gasteiger partial charge in [-0.3, -0.25) is 9.48 Å². The largest absolute Gasteiger partial charge is 0.355 e. The summed E-state index contributed by atoms with van der Waals surface area (Å²) >= 11 is 3.37. The van der Waals surface area contributed by atoms with Gasteiger partial charge in [-0.15, -0.1) is 0 Å². The van der Waals surface area contributed by atoms with Gasteiger partial charge in [0.25, 0.3) is 5.91 Å². The van der Waals surface area contributed by atoms with Crippen LogP contribution in [0, 0.1) is 5.82 Å². The van der Waals surface area contributed by atoms with Crippen molar-refractivity contribution in [2.45, 2.75) is 6.54 Å². The van der Waals surface area contributed by atoms with Crippen molar-refractivity contribution in [1.29, 1.82) is 0 Å². The fourth-order valence-corrected chi connectivity index (χ4v) is 2.88. The maximum Gasteiger partial charge on any atom is 0.277 e. The maximum absolute atomic E-state index is 13.0. The van der Waals surface area contributed by atoms with Crippen molar-refractivity contribution in [3.63, 3.8) is 0 Å². The molecular formula is C20H14BrFN4O2. The predicted octanol–water partition coefficient (Wildman–Crippen LogP) is 4.74. The number of halogens is 2. The first-order valence-electron chi connectivity index (χ1n) is 8.38. The zero-order chi connectivity index (χ0) is 19.5. The highest BCUT2D eigenvalue weighted by Crippen LogP contribution is 2.23. The van der Waals surface area contributed by atoms with Crippen molar-refractivity contribution in [3.8, 4) is 11.3 Å². The minimum Gasteiger partial charge on any atom is -0.355 e. The molecule has 2 aromatic carbocycles. The molecule has 0 saturated carbocycles. The van der Waals surface area contributed by atoms with Crippen molar-refractivity contribution in [3.05, 3.63) is 88.5 Å². The van der Waals surface area contributed by atoms with Crippen molar-refractivity contribution in [1.82, 2.24) is 14.9 Å². The molecule has 0 aliphatic rings. The van der Waals surface area contributed by atoms with Crippen molar-refractivity contribution in [2.75, 3.05) is 5.32 Å². The summed E-state index contributed by atoms with van der Waals surface area (Å²) in [5, 5.41) is 10.8. The monoisotopic (exact) mass is 440 g/mol. The van der Waals surface area contributed by atoms with Crippen LogP contribution >= 0.6 is 15.9 Å². The highest BCUT2D eigenvalue weighted by atomic mass is 79.9. The molecule has 0 unspecified atom stereocenters. The van der Waals surface area contributed by atoms with Gasteiger partial charge >= 0.3 is 0 Å². The van der Waals surface area contributed by atoms with Gasteiger partial charge in [0.1, 0.15) is 5.82 Å². The molecular weight excluding hydrogens is 427 g/mol. The van der Waals surface area contributed by atoms with Crippen LogP contribution in [-0.4, -0.2) is 20.8 Å². The number of aromatic nitrogens is 3. The van der Waals surface area contributed by atoms with E-state index in [1.54, 1.807) is 29.1 Å². The first kappa shape index (κ1) is 18.1. The quantitative estimate of drug-likeness (QED) is 0.486. The third-order valence-electron chi connectivity index (χ3n) is 4.02. The van der Waals surface area contributed by atoms with Crippen LogP contribution in [0.1, 0.15) is 16.1 Å². The number of nitrogens with one attached hydrogen (secondary N) is 1.